The van der Waals surface area contributed by atoms with Gasteiger partial charge in [0, 0.05) is 22.4 Å². The van der Waals surface area contributed by atoms with E-state index in [0.29, 0.717) is 26.9 Å². The predicted octanol–water partition coefficient (Wildman–Crippen LogP) is 5.95. The smallest absolute Gasteiger partial charge is 0.331 e. The summed E-state index contributed by atoms with van der Waals surface area (Å²) in [6.07, 6.45) is 3.54. The number of hydrogen-bond donors (Lipinski definition) is 3. The lowest BCUT2D eigenvalue weighted by Crippen LogP contribution is -2.44. The normalized spacial score (nSPS) is 16.2. The molecule has 0 saturated heterocycles. The highest BCUT2D eigenvalue weighted by Gasteiger charge is 2.44. The molecule has 180 valence electrons. The van der Waals surface area contributed by atoms with Crippen molar-refractivity contribution in [2.45, 2.75) is 12.1 Å². The summed E-state index contributed by atoms with van der Waals surface area (Å²) in [5.41, 5.74) is 2.78. The van der Waals surface area contributed by atoms with Crippen LogP contribution in [0.3, 0.4) is 0 Å². The maximum Gasteiger partial charge on any atom is 0.331 e. The summed E-state index contributed by atoms with van der Waals surface area (Å²) >= 11 is 12.1. The molecule has 36 heavy (non-hydrogen) atoms. The molecule has 5 rings (SSSR count). The molecular formula is C27H19Cl2N3O4. The van der Waals surface area contributed by atoms with E-state index >= 15 is 0 Å². The maximum atomic E-state index is 14.2. The summed E-state index contributed by atoms with van der Waals surface area (Å²) in [7, 11) is 0. The van der Waals surface area contributed by atoms with Gasteiger partial charge in [0.2, 0.25) is 0 Å². The van der Waals surface area contributed by atoms with Crippen LogP contribution < -0.4 is 5.32 Å². The van der Waals surface area contributed by atoms with Gasteiger partial charge in [-0.2, -0.15) is 0 Å². The average Bonchev–Trinajstić information content (AvgIpc) is 3.37. The fourth-order valence-corrected chi connectivity index (χ4v) is 4.64. The highest BCUT2D eigenvalue weighted by molar-refractivity contribution is 6.30. The van der Waals surface area contributed by atoms with E-state index in [1.54, 1.807) is 67.0 Å². The van der Waals surface area contributed by atoms with Crippen molar-refractivity contribution in [3.05, 3.63) is 112 Å². The van der Waals surface area contributed by atoms with E-state index in [9.17, 15) is 19.5 Å². The number of nitrogens with one attached hydrogen (secondary N) is 2. The number of rotatable bonds is 5. The van der Waals surface area contributed by atoms with Gasteiger partial charge in [0.1, 0.15) is 6.04 Å². The first-order valence-corrected chi connectivity index (χ1v) is 11.7. The Labute approximate surface area is 216 Å². The number of aliphatic carboxylic acids is 1. The van der Waals surface area contributed by atoms with Crippen molar-refractivity contribution in [3.8, 4) is 11.1 Å². The zero-order chi connectivity index (χ0) is 25.4. The highest BCUT2D eigenvalue weighted by Crippen LogP contribution is 2.39. The van der Waals surface area contributed by atoms with Crippen molar-refractivity contribution in [2.75, 3.05) is 5.32 Å². The molecule has 9 heteroatoms. The fraction of sp³-hybridized carbons (Fsp3) is 0.0741. The van der Waals surface area contributed by atoms with E-state index < -0.39 is 29.9 Å². The number of halogens is 2. The van der Waals surface area contributed by atoms with Crippen LogP contribution in [0.25, 0.3) is 11.1 Å². The summed E-state index contributed by atoms with van der Waals surface area (Å²) in [4.78, 5) is 44.5. The van der Waals surface area contributed by atoms with Crippen LogP contribution in [0, 0.1) is 0 Å². The van der Waals surface area contributed by atoms with Gasteiger partial charge in [0.25, 0.3) is 11.8 Å². The third-order valence-corrected chi connectivity index (χ3v) is 6.59. The van der Waals surface area contributed by atoms with Gasteiger partial charge in [-0.3, -0.25) is 9.59 Å². The maximum absolute atomic E-state index is 14.2. The summed E-state index contributed by atoms with van der Waals surface area (Å²) in [6, 6.07) is 16.8. The van der Waals surface area contributed by atoms with Gasteiger partial charge in [-0.1, -0.05) is 53.5 Å². The quantitative estimate of drug-likeness (QED) is 0.303. The molecule has 1 aliphatic rings. The second-order valence-electron chi connectivity index (χ2n) is 8.31. The number of carboxylic acids is 1. The second kappa shape index (κ2) is 9.53. The van der Waals surface area contributed by atoms with Crippen molar-refractivity contribution in [3.63, 3.8) is 0 Å². The van der Waals surface area contributed by atoms with Crippen LogP contribution in [-0.2, 0) is 9.59 Å². The van der Waals surface area contributed by atoms with Crippen LogP contribution in [0.5, 0.6) is 0 Å². The van der Waals surface area contributed by atoms with Gasteiger partial charge in [0.15, 0.2) is 6.04 Å². The predicted molar refractivity (Wildman–Crippen MR) is 137 cm³/mol. The minimum atomic E-state index is -1.47. The summed E-state index contributed by atoms with van der Waals surface area (Å²) in [5.74, 6) is -2.44. The molecule has 4 aromatic rings. The molecule has 0 spiro atoms. The van der Waals surface area contributed by atoms with E-state index in [4.69, 9.17) is 23.2 Å². The zero-order valence-electron chi connectivity index (χ0n) is 18.6. The number of hydrogen-bond acceptors (Lipinski definition) is 3. The SMILES string of the molecule is O=C(O)C(c1ccc(Cl)cc1)N1C(=O)c2cc(-c3cc[nH]c3)ccc2NC(=O)C1c1ccc(Cl)cc1. The Morgan fingerprint density at radius 3 is 2.17 bits per heavy atom. The van der Waals surface area contributed by atoms with Crippen LogP contribution in [0.2, 0.25) is 10.0 Å². The van der Waals surface area contributed by atoms with Crippen LogP contribution in [0.4, 0.5) is 5.69 Å². The molecule has 0 radical (unpaired) electrons. The lowest BCUT2D eigenvalue weighted by Gasteiger charge is -2.34. The molecule has 3 aromatic carbocycles. The lowest BCUT2D eigenvalue weighted by molar-refractivity contribution is -0.144. The number of aromatic nitrogens is 1. The number of amides is 2. The minimum Gasteiger partial charge on any atom is -0.479 e. The van der Waals surface area contributed by atoms with E-state index in [1.165, 1.54) is 12.1 Å². The standard InChI is InChI=1S/C27H19Cl2N3O4/c28-19-6-1-15(2-7-19)23-25(33)31-22-10-5-17(18-11-12-30-14-18)13-21(22)26(34)32(23)24(27(35)36)16-3-8-20(29)9-4-16/h1-14,23-24,30H,(H,31,33)(H,35,36). The number of carbonyl (C=O) groups excluding carboxylic acids is 2. The third kappa shape index (κ3) is 4.34. The molecule has 0 aliphatic carbocycles. The van der Waals surface area contributed by atoms with Crippen molar-refractivity contribution >= 4 is 46.7 Å². The second-order valence-corrected chi connectivity index (χ2v) is 9.18. The number of anilines is 1. The summed E-state index contributed by atoms with van der Waals surface area (Å²) in [5, 5.41) is 14.0. The molecule has 0 fully saturated rings. The Kier molecular flexibility index (Phi) is 6.26. The van der Waals surface area contributed by atoms with Gasteiger partial charge in [-0.15, -0.1) is 0 Å². The molecule has 3 N–H and O–H groups in total. The molecule has 0 saturated carbocycles. The van der Waals surface area contributed by atoms with Gasteiger partial charge >= 0.3 is 5.97 Å². The van der Waals surface area contributed by atoms with E-state index in [1.807, 2.05) is 6.07 Å². The molecule has 2 atom stereocenters. The van der Waals surface area contributed by atoms with Gasteiger partial charge in [0.05, 0.1) is 11.3 Å². The fourth-order valence-electron chi connectivity index (χ4n) is 4.39. The first-order valence-electron chi connectivity index (χ1n) is 11.0. The number of aromatic amines is 1. The molecule has 2 unspecified atom stereocenters. The Morgan fingerprint density at radius 2 is 1.56 bits per heavy atom. The van der Waals surface area contributed by atoms with Crippen molar-refractivity contribution in [2.24, 2.45) is 0 Å². The summed E-state index contributed by atoms with van der Waals surface area (Å²) in [6.45, 7) is 0. The van der Waals surface area contributed by atoms with Gasteiger partial charge in [-0.25, -0.2) is 4.79 Å². The molecule has 1 aromatic heterocycles. The molecule has 2 amide bonds. The first-order chi connectivity index (χ1) is 17.3. The lowest BCUT2D eigenvalue weighted by atomic mass is 9.97. The van der Waals surface area contributed by atoms with E-state index in [2.05, 4.69) is 10.3 Å². The van der Waals surface area contributed by atoms with Crippen LogP contribution >= 0.6 is 23.2 Å². The Hall–Kier alpha value is -4.07. The first kappa shape index (κ1) is 23.7. The number of carboxylic acid groups (broad SMARTS) is 1. The van der Waals surface area contributed by atoms with E-state index in [0.717, 1.165) is 16.0 Å². The number of fused-ring (bicyclic) bond motifs is 1. The molecule has 1 aliphatic heterocycles. The third-order valence-electron chi connectivity index (χ3n) is 6.08. The van der Waals surface area contributed by atoms with E-state index in [-0.39, 0.29) is 5.56 Å². The minimum absolute atomic E-state index is 0.179. The largest absolute Gasteiger partial charge is 0.479 e. The number of benzene rings is 3. The van der Waals surface area contributed by atoms with Gasteiger partial charge in [-0.05, 0) is 64.7 Å². The van der Waals surface area contributed by atoms with Crippen molar-refractivity contribution < 1.29 is 19.5 Å². The number of nitrogens with zero attached hydrogens (tertiary/aromatic N) is 1. The highest BCUT2D eigenvalue weighted by atomic mass is 35.5. The van der Waals surface area contributed by atoms with Crippen LogP contribution in [0.15, 0.2) is 85.2 Å². The van der Waals surface area contributed by atoms with Gasteiger partial charge < -0.3 is 20.3 Å². The topological polar surface area (TPSA) is 102 Å². The Balaban J connectivity index is 1.72. The zero-order valence-corrected chi connectivity index (χ0v) is 20.1. The Bertz CT molecular complexity index is 1450. The number of carbonyl (C=O) groups is 3. The van der Waals surface area contributed by atoms with Crippen LogP contribution in [-0.4, -0.2) is 32.8 Å². The molecular weight excluding hydrogens is 501 g/mol. The molecule has 0 bridgehead atoms. The van der Waals surface area contributed by atoms with Crippen LogP contribution in [0.1, 0.15) is 33.6 Å². The summed E-state index contributed by atoms with van der Waals surface area (Å²) < 4.78 is 0. The number of H-pyrrole nitrogens is 1. The molecule has 2 heterocycles. The van der Waals surface area contributed by atoms with Crippen molar-refractivity contribution in [1.29, 1.82) is 0 Å². The van der Waals surface area contributed by atoms with Crippen molar-refractivity contribution in [1.82, 2.24) is 9.88 Å². The molecule has 7 nitrogen and oxygen atoms in total. The monoisotopic (exact) mass is 519 g/mol. The average molecular weight is 520 g/mol. The Morgan fingerprint density at radius 1 is 0.889 bits per heavy atom.